The molecule has 2 N–H and O–H groups in total. The number of nitrogens with two attached hydrogens (primary N) is 1. The molecule has 2 heterocycles. The lowest BCUT2D eigenvalue weighted by atomic mass is 10.0. The van der Waals surface area contributed by atoms with Crippen LogP contribution in [0.2, 0.25) is 0 Å². The molecule has 0 spiro atoms. The number of rotatable bonds is 4. The van der Waals surface area contributed by atoms with Crippen LogP contribution in [-0.2, 0) is 9.47 Å². The molecular weight excluding hydrogens is 210 g/mol. The SMILES string of the molecule is NCCC1COC(CC2CCCSC2)O1. The van der Waals surface area contributed by atoms with Crippen LogP contribution in [0.15, 0.2) is 0 Å². The summed E-state index contributed by atoms with van der Waals surface area (Å²) in [6, 6.07) is 0. The number of hydrogen-bond donors (Lipinski definition) is 1. The number of ether oxygens (including phenoxy) is 2. The monoisotopic (exact) mass is 231 g/mol. The Kier molecular flexibility index (Phi) is 4.75. The average Bonchev–Trinajstić information content (AvgIpc) is 2.68. The summed E-state index contributed by atoms with van der Waals surface area (Å²) in [6.07, 6.45) is 5.00. The topological polar surface area (TPSA) is 44.5 Å². The van der Waals surface area contributed by atoms with Crippen molar-refractivity contribution in [2.45, 2.75) is 38.1 Å². The fourth-order valence-corrected chi connectivity index (χ4v) is 3.41. The second-order valence-corrected chi connectivity index (χ2v) is 5.57. The van der Waals surface area contributed by atoms with Gasteiger partial charge in [0.05, 0.1) is 12.7 Å². The molecule has 0 saturated carbocycles. The third-order valence-electron chi connectivity index (χ3n) is 3.08. The molecule has 3 unspecified atom stereocenters. The molecule has 0 aromatic carbocycles. The van der Waals surface area contributed by atoms with E-state index in [4.69, 9.17) is 15.2 Å². The zero-order chi connectivity index (χ0) is 10.5. The van der Waals surface area contributed by atoms with Gasteiger partial charge in [-0.15, -0.1) is 0 Å². The third-order valence-corrected chi connectivity index (χ3v) is 4.37. The Bertz CT molecular complexity index is 185. The fourth-order valence-electron chi connectivity index (χ4n) is 2.23. The highest BCUT2D eigenvalue weighted by Gasteiger charge is 2.28. The van der Waals surface area contributed by atoms with Crippen molar-refractivity contribution >= 4 is 11.8 Å². The van der Waals surface area contributed by atoms with Crippen molar-refractivity contribution in [1.29, 1.82) is 0 Å². The number of thioether (sulfide) groups is 1. The van der Waals surface area contributed by atoms with E-state index >= 15 is 0 Å². The zero-order valence-electron chi connectivity index (χ0n) is 9.19. The Morgan fingerprint density at radius 1 is 1.40 bits per heavy atom. The summed E-state index contributed by atoms with van der Waals surface area (Å²) in [4.78, 5) is 0. The molecule has 0 aromatic heterocycles. The Labute approximate surface area is 96.1 Å². The summed E-state index contributed by atoms with van der Waals surface area (Å²) >= 11 is 2.07. The Morgan fingerprint density at radius 2 is 2.33 bits per heavy atom. The molecule has 0 aliphatic carbocycles. The van der Waals surface area contributed by atoms with Crippen molar-refractivity contribution < 1.29 is 9.47 Å². The first-order valence-corrected chi connectivity index (χ1v) is 7.09. The van der Waals surface area contributed by atoms with Crippen LogP contribution in [0, 0.1) is 5.92 Å². The van der Waals surface area contributed by atoms with Crippen LogP contribution in [0.1, 0.15) is 25.7 Å². The van der Waals surface area contributed by atoms with Crippen molar-refractivity contribution in [3.8, 4) is 0 Å². The lowest BCUT2D eigenvalue weighted by molar-refractivity contribution is -0.0709. The molecule has 0 radical (unpaired) electrons. The van der Waals surface area contributed by atoms with Crippen LogP contribution in [0.5, 0.6) is 0 Å². The van der Waals surface area contributed by atoms with Gasteiger partial charge >= 0.3 is 0 Å². The van der Waals surface area contributed by atoms with Crippen LogP contribution in [0.25, 0.3) is 0 Å². The van der Waals surface area contributed by atoms with Gasteiger partial charge in [0.2, 0.25) is 0 Å². The first-order chi connectivity index (χ1) is 7.38. The predicted octanol–water partition coefficient (Wildman–Crippen LogP) is 1.61. The summed E-state index contributed by atoms with van der Waals surface area (Å²) in [7, 11) is 0. The summed E-state index contributed by atoms with van der Waals surface area (Å²) in [5.74, 6) is 3.41. The summed E-state index contributed by atoms with van der Waals surface area (Å²) in [5.41, 5.74) is 5.50. The largest absolute Gasteiger partial charge is 0.350 e. The van der Waals surface area contributed by atoms with Gasteiger partial charge in [-0.3, -0.25) is 0 Å². The molecule has 2 fully saturated rings. The van der Waals surface area contributed by atoms with Crippen molar-refractivity contribution in [3.05, 3.63) is 0 Å². The van der Waals surface area contributed by atoms with Crippen molar-refractivity contribution in [3.63, 3.8) is 0 Å². The molecule has 0 bridgehead atoms. The van der Waals surface area contributed by atoms with Crippen LogP contribution < -0.4 is 5.73 Å². The lowest BCUT2D eigenvalue weighted by Crippen LogP contribution is -2.21. The van der Waals surface area contributed by atoms with Gasteiger partial charge in [-0.2, -0.15) is 11.8 Å². The van der Waals surface area contributed by atoms with Crippen LogP contribution >= 0.6 is 11.8 Å². The first-order valence-electron chi connectivity index (χ1n) is 5.93. The van der Waals surface area contributed by atoms with Crippen molar-refractivity contribution in [2.24, 2.45) is 11.7 Å². The smallest absolute Gasteiger partial charge is 0.158 e. The molecule has 88 valence electrons. The van der Waals surface area contributed by atoms with E-state index in [1.54, 1.807) is 0 Å². The molecule has 0 amide bonds. The summed E-state index contributed by atoms with van der Waals surface area (Å²) in [5, 5.41) is 0. The van der Waals surface area contributed by atoms with Gasteiger partial charge in [0.25, 0.3) is 0 Å². The Balaban J connectivity index is 1.67. The van der Waals surface area contributed by atoms with Gasteiger partial charge in [-0.25, -0.2) is 0 Å². The maximum absolute atomic E-state index is 5.79. The molecule has 3 atom stereocenters. The Morgan fingerprint density at radius 3 is 3.07 bits per heavy atom. The predicted molar refractivity (Wildman–Crippen MR) is 63.0 cm³/mol. The van der Waals surface area contributed by atoms with Gasteiger partial charge in [-0.05, 0) is 43.2 Å². The molecule has 3 nitrogen and oxygen atoms in total. The molecule has 0 aromatic rings. The second kappa shape index (κ2) is 6.09. The van der Waals surface area contributed by atoms with E-state index in [0.29, 0.717) is 6.54 Å². The highest BCUT2D eigenvalue weighted by molar-refractivity contribution is 7.99. The molecular formula is C11H21NO2S. The minimum atomic E-state index is 0.0465. The average molecular weight is 231 g/mol. The minimum Gasteiger partial charge on any atom is -0.350 e. The van der Waals surface area contributed by atoms with Crippen LogP contribution in [-0.4, -0.2) is 37.1 Å². The molecule has 2 aliphatic rings. The second-order valence-electron chi connectivity index (χ2n) is 4.42. The molecule has 2 saturated heterocycles. The van der Waals surface area contributed by atoms with Crippen LogP contribution in [0.4, 0.5) is 0 Å². The Hall–Kier alpha value is 0.230. The maximum atomic E-state index is 5.79. The van der Waals surface area contributed by atoms with Gasteiger partial charge < -0.3 is 15.2 Å². The van der Waals surface area contributed by atoms with E-state index < -0.39 is 0 Å². The minimum absolute atomic E-state index is 0.0465. The van der Waals surface area contributed by atoms with Crippen molar-refractivity contribution in [2.75, 3.05) is 24.7 Å². The van der Waals surface area contributed by atoms with E-state index in [1.165, 1.54) is 24.3 Å². The zero-order valence-corrected chi connectivity index (χ0v) is 10.0. The molecule has 4 heteroatoms. The van der Waals surface area contributed by atoms with Gasteiger partial charge in [0.15, 0.2) is 6.29 Å². The highest BCUT2D eigenvalue weighted by Crippen LogP contribution is 2.29. The third kappa shape index (κ3) is 3.63. The highest BCUT2D eigenvalue weighted by atomic mass is 32.2. The normalized spacial score (nSPS) is 37.0. The van der Waals surface area contributed by atoms with E-state index in [1.807, 2.05) is 0 Å². The molecule has 2 rings (SSSR count). The van der Waals surface area contributed by atoms with E-state index in [2.05, 4.69) is 11.8 Å². The molecule has 2 aliphatic heterocycles. The van der Waals surface area contributed by atoms with E-state index in [9.17, 15) is 0 Å². The van der Waals surface area contributed by atoms with Gasteiger partial charge in [0, 0.05) is 6.42 Å². The molecule has 15 heavy (non-hydrogen) atoms. The first kappa shape index (κ1) is 11.7. The van der Waals surface area contributed by atoms with Gasteiger partial charge in [-0.1, -0.05) is 0 Å². The summed E-state index contributed by atoms with van der Waals surface area (Å²) in [6.45, 7) is 1.43. The van der Waals surface area contributed by atoms with Crippen LogP contribution in [0.3, 0.4) is 0 Å². The number of hydrogen-bond acceptors (Lipinski definition) is 4. The standard InChI is InChI=1S/C11H21NO2S/c12-4-3-10-7-13-11(14-10)6-9-2-1-5-15-8-9/h9-11H,1-8,12H2. The van der Waals surface area contributed by atoms with Crippen molar-refractivity contribution in [1.82, 2.24) is 0 Å². The van der Waals surface area contributed by atoms with Gasteiger partial charge in [0.1, 0.15) is 0 Å². The fraction of sp³-hybridized carbons (Fsp3) is 1.00. The van der Waals surface area contributed by atoms with E-state index in [0.717, 1.165) is 25.4 Å². The maximum Gasteiger partial charge on any atom is 0.158 e. The lowest BCUT2D eigenvalue weighted by Gasteiger charge is -2.23. The quantitative estimate of drug-likeness (QED) is 0.798. The van der Waals surface area contributed by atoms with E-state index in [-0.39, 0.29) is 12.4 Å². The summed E-state index contributed by atoms with van der Waals surface area (Å²) < 4.78 is 11.4.